The van der Waals surface area contributed by atoms with Crippen molar-refractivity contribution in [1.82, 2.24) is 35.0 Å². The van der Waals surface area contributed by atoms with Crippen LogP contribution in [0.5, 0.6) is 0 Å². The molecule has 0 aromatic carbocycles. The maximum absolute atomic E-state index is 4.29. The van der Waals surface area contributed by atoms with E-state index in [9.17, 15) is 0 Å². The van der Waals surface area contributed by atoms with Crippen molar-refractivity contribution in [3.8, 4) is 0 Å². The number of nitrogens with zero attached hydrogens (tertiary/aromatic N) is 7. The van der Waals surface area contributed by atoms with Crippen LogP contribution in [-0.4, -0.2) is 35.0 Å². The highest BCUT2D eigenvalue weighted by Crippen LogP contribution is 2.04. The van der Waals surface area contributed by atoms with E-state index in [1.807, 2.05) is 12.1 Å². The molecule has 0 radical (unpaired) electrons. The zero-order valence-corrected chi connectivity index (χ0v) is 9.59. The van der Waals surface area contributed by atoms with Gasteiger partial charge in [-0.1, -0.05) is 0 Å². The smallest absolute Gasteiger partial charge is 0.103 e. The predicted octanol–water partition coefficient (Wildman–Crippen LogP) is 0.361. The minimum atomic E-state index is 0.563. The monoisotopic (exact) mass is 241 g/mol. The SMILES string of the molecule is c1cc(Cn2nccn2)cc(Cn2nccn2)n1. The van der Waals surface area contributed by atoms with E-state index in [1.54, 1.807) is 40.6 Å². The van der Waals surface area contributed by atoms with Crippen molar-refractivity contribution < 1.29 is 0 Å². The van der Waals surface area contributed by atoms with Crippen LogP contribution in [0.25, 0.3) is 0 Å². The lowest BCUT2D eigenvalue weighted by molar-refractivity contribution is 0.574. The maximum atomic E-state index is 4.29. The molecule has 0 aliphatic rings. The Kier molecular flexibility index (Phi) is 2.79. The zero-order chi connectivity index (χ0) is 12.2. The second-order valence-corrected chi connectivity index (χ2v) is 3.77. The largest absolute Gasteiger partial charge is 0.259 e. The lowest BCUT2D eigenvalue weighted by Crippen LogP contribution is -2.07. The van der Waals surface area contributed by atoms with Gasteiger partial charge in [-0.25, -0.2) is 0 Å². The summed E-state index contributed by atoms with van der Waals surface area (Å²) >= 11 is 0. The van der Waals surface area contributed by atoms with E-state index in [4.69, 9.17) is 0 Å². The van der Waals surface area contributed by atoms with E-state index in [1.165, 1.54) is 0 Å². The van der Waals surface area contributed by atoms with Gasteiger partial charge in [-0.15, -0.1) is 0 Å². The third-order valence-corrected chi connectivity index (χ3v) is 2.44. The lowest BCUT2D eigenvalue weighted by atomic mass is 10.2. The standard InChI is InChI=1S/C11H11N7/c1-2-12-11(9-18-15-5-6-16-18)7-10(1)8-17-13-3-4-14-17/h1-7H,8-9H2. The first-order valence-corrected chi connectivity index (χ1v) is 5.52. The Morgan fingerprint density at radius 1 is 0.778 bits per heavy atom. The second-order valence-electron chi connectivity index (χ2n) is 3.77. The molecule has 0 N–H and O–H groups in total. The Labute approximate surface area is 103 Å². The highest BCUT2D eigenvalue weighted by atomic mass is 15.5. The van der Waals surface area contributed by atoms with Crippen LogP contribution in [0.2, 0.25) is 0 Å². The summed E-state index contributed by atoms with van der Waals surface area (Å²) in [6.07, 6.45) is 8.40. The Bertz CT molecular complexity index is 549. The number of pyridine rings is 1. The summed E-state index contributed by atoms with van der Waals surface area (Å²) in [5.41, 5.74) is 2.01. The van der Waals surface area contributed by atoms with E-state index >= 15 is 0 Å². The molecule has 0 bridgehead atoms. The molecule has 0 unspecified atom stereocenters. The molecule has 3 aromatic rings. The molecule has 3 rings (SSSR count). The fourth-order valence-electron chi connectivity index (χ4n) is 1.67. The zero-order valence-electron chi connectivity index (χ0n) is 9.59. The number of hydrogen-bond donors (Lipinski definition) is 0. The van der Waals surface area contributed by atoms with Crippen molar-refractivity contribution in [2.45, 2.75) is 13.1 Å². The average molecular weight is 241 g/mol. The minimum Gasteiger partial charge on any atom is -0.259 e. The Hall–Kier alpha value is -2.57. The van der Waals surface area contributed by atoms with Crippen LogP contribution >= 0.6 is 0 Å². The molecule has 0 fully saturated rings. The Morgan fingerprint density at radius 2 is 1.39 bits per heavy atom. The Morgan fingerprint density at radius 3 is 2.06 bits per heavy atom. The van der Waals surface area contributed by atoms with Crippen LogP contribution in [0.15, 0.2) is 43.1 Å². The molecule has 3 aromatic heterocycles. The van der Waals surface area contributed by atoms with Gasteiger partial charge in [0.25, 0.3) is 0 Å². The molecule has 0 aliphatic heterocycles. The topological polar surface area (TPSA) is 74.3 Å². The Balaban J connectivity index is 1.76. The third-order valence-electron chi connectivity index (χ3n) is 2.44. The van der Waals surface area contributed by atoms with Gasteiger partial charge in [0.15, 0.2) is 0 Å². The van der Waals surface area contributed by atoms with Crippen LogP contribution in [0.3, 0.4) is 0 Å². The van der Waals surface area contributed by atoms with Crippen molar-refractivity contribution in [1.29, 1.82) is 0 Å². The molecule has 0 saturated heterocycles. The van der Waals surface area contributed by atoms with Crippen LogP contribution < -0.4 is 0 Å². The van der Waals surface area contributed by atoms with Gasteiger partial charge in [0, 0.05) is 6.20 Å². The summed E-state index contributed by atoms with van der Waals surface area (Å²) < 4.78 is 0. The summed E-state index contributed by atoms with van der Waals surface area (Å²) in [5, 5.41) is 16.2. The summed E-state index contributed by atoms with van der Waals surface area (Å²) in [5.74, 6) is 0. The van der Waals surface area contributed by atoms with Crippen LogP contribution in [0.1, 0.15) is 11.3 Å². The van der Waals surface area contributed by atoms with Gasteiger partial charge in [0.05, 0.1) is 37.0 Å². The molecule has 0 saturated carbocycles. The van der Waals surface area contributed by atoms with Gasteiger partial charge < -0.3 is 0 Å². The first-order chi connectivity index (χ1) is 8.90. The quantitative estimate of drug-likeness (QED) is 0.659. The summed E-state index contributed by atoms with van der Waals surface area (Å²) in [6, 6.07) is 3.95. The van der Waals surface area contributed by atoms with Crippen LogP contribution in [0.4, 0.5) is 0 Å². The van der Waals surface area contributed by atoms with E-state index in [0.29, 0.717) is 13.1 Å². The van der Waals surface area contributed by atoms with Gasteiger partial charge in [-0.2, -0.15) is 30.0 Å². The third kappa shape index (κ3) is 2.40. The van der Waals surface area contributed by atoms with Crippen LogP contribution in [-0.2, 0) is 13.1 Å². The van der Waals surface area contributed by atoms with Crippen LogP contribution in [0, 0.1) is 0 Å². The fraction of sp³-hybridized carbons (Fsp3) is 0.182. The van der Waals surface area contributed by atoms with Gasteiger partial charge >= 0.3 is 0 Å². The van der Waals surface area contributed by atoms with E-state index < -0.39 is 0 Å². The number of hydrogen-bond acceptors (Lipinski definition) is 5. The predicted molar refractivity (Wildman–Crippen MR) is 62.5 cm³/mol. The van der Waals surface area contributed by atoms with Gasteiger partial charge in [0.1, 0.15) is 6.54 Å². The highest BCUT2D eigenvalue weighted by Gasteiger charge is 2.01. The summed E-state index contributed by atoms with van der Waals surface area (Å²) in [7, 11) is 0. The molecule has 7 nitrogen and oxygen atoms in total. The molecule has 7 heteroatoms. The molecule has 0 aliphatic carbocycles. The summed E-state index contributed by atoms with van der Waals surface area (Å²) in [6.45, 7) is 1.20. The normalized spacial score (nSPS) is 10.7. The first kappa shape index (κ1) is 10.6. The highest BCUT2D eigenvalue weighted by molar-refractivity contribution is 5.16. The van der Waals surface area contributed by atoms with Crippen molar-refractivity contribution in [3.63, 3.8) is 0 Å². The van der Waals surface area contributed by atoms with Crippen molar-refractivity contribution in [2.24, 2.45) is 0 Å². The summed E-state index contributed by atoms with van der Waals surface area (Å²) in [4.78, 5) is 7.52. The van der Waals surface area contributed by atoms with Gasteiger partial charge in [0.2, 0.25) is 0 Å². The average Bonchev–Trinajstić information content (AvgIpc) is 3.03. The number of aromatic nitrogens is 7. The van der Waals surface area contributed by atoms with Gasteiger partial charge in [-0.3, -0.25) is 4.98 Å². The van der Waals surface area contributed by atoms with Crippen molar-refractivity contribution in [3.05, 3.63) is 54.4 Å². The van der Waals surface area contributed by atoms with E-state index in [-0.39, 0.29) is 0 Å². The number of rotatable bonds is 4. The molecule has 90 valence electrons. The molecule has 3 heterocycles. The van der Waals surface area contributed by atoms with Crippen molar-refractivity contribution in [2.75, 3.05) is 0 Å². The lowest BCUT2D eigenvalue weighted by Gasteiger charge is -2.03. The van der Waals surface area contributed by atoms with Gasteiger partial charge in [-0.05, 0) is 17.7 Å². The molecular weight excluding hydrogens is 230 g/mol. The second kappa shape index (κ2) is 4.74. The van der Waals surface area contributed by atoms with E-state index in [2.05, 4.69) is 25.4 Å². The fourth-order valence-corrected chi connectivity index (χ4v) is 1.67. The van der Waals surface area contributed by atoms with E-state index in [0.717, 1.165) is 11.3 Å². The maximum Gasteiger partial charge on any atom is 0.103 e. The van der Waals surface area contributed by atoms with Crippen molar-refractivity contribution >= 4 is 0 Å². The molecule has 18 heavy (non-hydrogen) atoms. The molecule has 0 spiro atoms. The first-order valence-electron chi connectivity index (χ1n) is 5.52. The minimum absolute atomic E-state index is 0.563. The molecule has 0 amide bonds. The molecular formula is C11H11N7. The molecule has 0 atom stereocenters.